The van der Waals surface area contributed by atoms with Gasteiger partial charge in [-0.15, -0.1) is 0 Å². The fourth-order valence-electron chi connectivity index (χ4n) is 1.43. The summed E-state index contributed by atoms with van der Waals surface area (Å²) >= 11 is 0. The predicted molar refractivity (Wildman–Crippen MR) is 67.6 cm³/mol. The van der Waals surface area contributed by atoms with Crippen LogP contribution in [0.25, 0.3) is 0 Å². The summed E-state index contributed by atoms with van der Waals surface area (Å²) in [7, 11) is 1.54. The molecule has 5 heteroatoms. The van der Waals surface area contributed by atoms with Gasteiger partial charge in [-0.2, -0.15) is 0 Å². The van der Waals surface area contributed by atoms with Gasteiger partial charge >= 0.3 is 5.97 Å². The minimum atomic E-state index is -0.678. The molecule has 0 fully saturated rings. The Balaban J connectivity index is 2.80. The van der Waals surface area contributed by atoms with Crippen LogP contribution < -0.4 is 15.2 Å². The Morgan fingerprint density at radius 3 is 2.67 bits per heavy atom. The van der Waals surface area contributed by atoms with E-state index in [1.54, 1.807) is 26.0 Å². The van der Waals surface area contributed by atoms with Crippen molar-refractivity contribution in [2.24, 2.45) is 5.73 Å². The summed E-state index contributed by atoms with van der Waals surface area (Å²) in [6, 6.07) is 5.35. The molecule has 0 aliphatic rings. The lowest BCUT2D eigenvalue weighted by Crippen LogP contribution is -2.26. The van der Waals surface area contributed by atoms with Gasteiger partial charge in [-0.1, -0.05) is 6.07 Å². The molecule has 18 heavy (non-hydrogen) atoms. The van der Waals surface area contributed by atoms with E-state index in [0.29, 0.717) is 24.7 Å². The summed E-state index contributed by atoms with van der Waals surface area (Å²) in [4.78, 5) is 11.5. The van der Waals surface area contributed by atoms with E-state index in [4.69, 9.17) is 19.9 Å². The zero-order valence-corrected chi connectivity index (χ0v) is 10.9. The number of benzene rings is 1. The average molecular weight is 253 g/mol. The maximum Gasteiger partial charge on any atom is 0.347 e. The number of ether oxygens (including phenoxy) is 3. The van der Waals surface area contributed by atoms with Crippen LogP contribution in [0.2, 0.25) is 0 Å². The van der Waals surface area contributed by atoms with Gasteiger partial charge in [-0.05, 0) is 31.5 Å². The molecule has 1 aromatic rings. The number of hydrogen-bond donors (Lipinski definition) is 1. The van der Waals surface area contributed by atoms with Crippen molar-refractivity contribution >= 4 is 5.97 Å². The average Bonchev–Trinajstić information content (AvgIpc) is 2.39. The third-order valence-electron chi connectivity index (χ3n) is 2.39. The monoisotopic (exact) mass is 253 g/mol. The van der Waals surface area contributed by atoms with E-state index in [1.165, 1.54) is 7.11 Å². The van der Waals surface area contributed by atoms with Gasteiger partial charge in [0.25, 0.3) is 0 Å². The lowest BCUT2D eigenvalue weighted by atomic mass is 10.2. The summed E-state index contributed by atoms with van der Waals surface area (Å²) in [5.41, 5.74) is 6.48. The van der Waals surface area contributed by atoms with Gasteiger partial charge in [-0.25, -0.2) is 4.79 Å². The second-order valence-electron chi connectivity index (χ2n) is 3.70. The number of methoxy groups -OCH3 is 1. The molecule has 0 aliphatic heterocycles. The summed E-state index contributed by atoms with van der Waals surface area (Å²) < 4.78 is 15.6. The van der Waals surface area contributed by atoms with E-state index in [2.05, 4.69) is 0 Å². The summed E-state index contributed by atoms with van der Waals surface area (Å²) in [5.74, 6) is 0.645. The highest BCUT2D eigenvalue weighted by Crippen LogP contribution is 2.28. The molecule has 1 rings (SSSR count). The third-order valence-corrected chi connectivity index (χ3v) is 2.39. The first kappa shape index (κ1) is 14.3. The number of carbonyl (C=O) groups is 1. The Morgan fingerprint density at radius 1 is 1.39 bits per heavy atom. The standard InChI is InChI=1S/C13H19NO4/c1-4-17-13(15)9(2)18-11-6-5-10(8-14)7-12(11)16-3/h5-7,9H,4,8,14H2,1-3H3. The van der Waals surface area contributed by atoms with Crippen LogP contribution >= 0.6 is 0 Å². The molecule has 100 valence electrons. The molecule has 2 N–H and O–H groups in total. The van der Waals surface area contributed by atoms with E-state index >= 15 is 0 Å². The topological polar surface area (TPSA) is 70.8 Å². The van der Waals surface area contributed by atoms with E-state index in [9.17, 15) is 4.79 Å². The minimum absolute atomic E-state index is 0.329. The first-order chi connectivity index (χ1) is 8.62. The molecule has 0 aromatic heterocycles. The molecule has 0 bridgehead atoms. The number of esters is 1. The molecular formula is C13H19NO4. The lowest BCUT2D eigenvalue weighted by molar-refractivity contribution is -0.150. The van der Waals surface area contributed by atoms with Crippen molar-refractivity contribution in [1.82, 2.24) is 0 Å². The highest BCUT2D eigenvalue weighted by atomic mass is 16.6. The van der Waals surface area contributed by atoms with Crippen LogP contribution in [0.5, 0.6) is 11.5 Å². The zero-order chi connectivity index (χ0) is 13.5. The van der Waals surface area contributed by atoms with E-state index in [-0.39, 0.29) is 0 Å². The second-order valence-corrected chi connectivity index (χ2v) is 3.70. The van der Waals surface area contributed by atoms with Crippen LogP contribution in [0.3, 0.4) is 0 Å². The van der Waals surface area contributed by atoms with Crippen molar-refractivity contribution in [2.75, 3.05) is 13.7 Å². The normalized spacial score (nSPS) is 11.8. The van der Waals surface area contributed by atoms with Crippen LogP contribution in [-0.4, -0.2) is 25.8 Å². The van der Waals surface area contributed by atoms with Gasteiger partial charge in [0.15, 0.2) is 17.6 Å². The molecular weight excluding hydrogens is 234 g/mol. The summed E-state index contributed by atoms with van der Waals surface area (Å²) in [5, 5.41) is 0. The Kier molecular flexibility index (Phi) is 5.45. The fourth-order valence-corrected chi connectivity index (χ4v) is 1.43. The summed E-state index contributed by atoms with van der Waals surface area (Å²) in [6.07, 6.45) is -0.678. The molecule has 1 atom stereocenters. The molecule has 0 spiro atoms. The molecule has 1 aromatic carbocycles. The van der Waals surface area contributed by atoms with Crippen molar-refractivity contribution < 1.29 is 19.0 Å². The van der Waals surface area contributed by atoms with Crippen LogP contribution in [0.4, 0.5) is 0 Å². The molecule has 0 aliphatic carbocycles. The molecule has 0 amide bonds. The van der Waals surface area contributed by atoms with Gasteiger partial charge in [0, 0.05) is 6.54 Å². The molecule has 1 unspecified atom stereocenters. The number of nitrogens with two attached hydrogens (primary N) is 1. The zero-order valence-electron chi connectivity index (χ0n) is 10.9. The van der Waals surface area contributed by atoms with E-state index in [1.807, 2.05) is 6.07 Å². The maximum atomic E-state index is 11.5. The Morgan fingerprint density at radius 2 is 2.11 bits per heavy atom. The Bertz CT molecular complexity index is 406. The first-order valence-corrected chi connectivity index (χ1v) is 5.82. The summed E-state index contributed by atoms with van der Waals surface area (Å²) in [6.45, 7) is 4.13. The van der Waals surface area contributed by atoms with Gasteiger partial charge in [0.1, 0.15) is 0 Å². The molecule has 0 heterocycles. The number of carbonyl (C=O) groups excluding carboxylic acids is 1. The first-order valence-electron chi connectivity index (χ1n) is 5.82. The van der Waals surface area contributed by atoms with Gasteiger partial charge in [0.05, 0.1) is 13.7 Å². The number of rotatable bonds is 6. The van der Waals surface area contributed by atoms with Crippen molar-refractivity contribution in [1.29, 1.82) is 0 Å². The Hall–Kier alpha value is -1.75. The van der Waals surface area contributed by atoms with Crippen LogP contribution in [-0.2, 0) is 16.1 Å². The van der Waals surface area contributed by atoms with E-state index < -0.39 is 12.1 Å². The van der Waals surface area contributed by atoms with Crippen molar-refractivity contribution in [3.8, 4) is 11.5 Å². The smallest absolute Gasteiger partial charge is 0.347 e. The van der Waals surface area contributed by atoms with Crippen molar-refractivity contribution in [3.05, 3.63) is 23.8 Å². The van der Waals surface area contributed by atoms with Crippen LogP contribution in [0.15, 0.2) is 18.2 Å². The van der Waals surface area contributed by atoms with Gasteiger partial charge in [0.2, 0.25) is 0 Å². The highest BCUT2D eigenvalue weighted by molar-refractivity contribution is 5.74. The van der Waals surface area contributed by atoms with Gasteiger partial charge in [-0.3, -0.25) is 0 Å². The quantitative estimate of drug-likeness (QED) is 0.778. The molecule has 5 nitrogen and oxygen atoms in total. The largest absolute Gasteiger partial charge is 0.493 e. The number of hydrogen-bond acceptors (Lipinski definition) is 5. The van der Waals surface area contributed by atoms with Crippen molar-refractivity contribution in [3.63, 3.8) is 0 Å². The SMILES string of the molecule is CCOC(=O)C(C)Oc1ccc(CN)cc1OC. The van der Waals surface area contributed by atoms with Crippen LogP contribution in [0, 0.1) is 0 Å². The minimum Gasteiger partial charge on any atom is -0.493 e. The predicted octanol–water partition coefficient (Wildman–Crippen LogP) is 1.48. The molecule has 0 saturated carbocycles. The van der Waals surface area contributed by atoms with Crippen LogP contribution in [0.1, 0.15) is 19.4 Å². The maximum absolute atomic E-state index is 11.5. The third kappa shape index (κ3) is 3.63. The second kappa shape index (κ2) is 6.86. The van der Waals surface area contributed by atoms with E-state index in [0.717, 1.165) is 5.56 Å². The highest BCUT2D eigenvalue weighted by Gasteiger charge is 2.17. The molecule has 0 saturated heterocycles. The Labute approximate surface area is 107 Å². The lowest BCUT2D eigenvalue weighted by Gasteiger charge is -2.16. The van der Waals surface area contributed by atoms with Gasteiger partial charge < -0.3 is 19.9 Å². The van der Waals surface area contributed by atoms with Crippen molar-refractivity contribution in [2.45, 2.75) is 26.5 Å². The fraction of sp³-hybridized carbons (Fsp3) is 0.462. The molecule has 0 radical (unpaired) electrons.